The highest BCUT2D eigenvalue weighted by atomic mass is 16.5. The van der Waals surface area contributed by atoms with Crippen molar-refractivity contribution in [1.29, 1.82) is 0 Å². The monoisotopic (exact) mass is 170 g/mol. The molecule has 0 amide bonds. The second-order valence-corrected chi connectivity index (χ2v) is 4.02. The highest BCUT2D eigenvalue weighted by Crippen LogP contribution is 2.17. The summed E-state index contributed by atoms with van der Waals surface area (Å²) >= 11 is 0. The van der Waals surface area contributed by atoms with Crippen LogP contribution in [0.4, 0.5) is 0 Å². The SMILES string of the molecule is CC1CNC(C2CCNC2)OC1. The summed E-state index contributed by atoms with van der Waals surface area (Å²) in [6, 6.07) is 0. The first-order valence-electron chi connectivity index (χ1n) is 4.92. The van der Waals surface area contributed by atoms with Crippen LogP contribution in [0, 0.1) is 11.8 Å². The second-order valence-electron chi connectivity index (χ2n) is 4.02. The lowest BCUT2D eigenvalue weighted by molar-refractivity contribution is -0.0519. The Balaban J connectivity index is 1.80. The third kappa shape index (κ3) is 1.79. The average Bonchev–Trinajstić information content (AvgIpc) is 2.58. The smallest absolute Gasteiger partial charge is 0.112 e. The molecule has 0 aromatic carbocycles. The van der Waals surface area contributed by atoms with Gasteiger partial charge in [-0.05, 0) is 18.9 Å². The van der Waals surface area contributed by atoms with Crippen molar-refractivity contribution in [3.8, 4) is 0 Å². The van der Waals surface area contributed by atoms with Crippen molar-refractivity contribution >= 4 is 0 Å². The van der Waals surface area contributed by atoms with Gasteiger partial charge in [-0.2, -0.15) is 0 Å². The van der Waals surface area contributed by atoms with Crippen LogP contribution in [-0.4, -0.2) is 32.5 Å². The van der Waals surface area contributed by atoms with Crippen LogP contribution in [0.5, 0.6) is 0 Å². The molecule has 2 heterocycles. The van der Waals surface area contributed by atoms with E-state index in [9.17, 15) is 0 Å². The summed E-state index contributed by atoms with van der Waals surface area (Å²) in [4.78, 5) is 0. The third-order valence-corrected chi connectivity index (χ3v) is 2.75. The van der Waals surface area contributed by atoms with Gasteiger partial charge >= 0.3 is 0 Å². The Morgan fingerprint density at radius 1 is 1.33 bits per heavy atom. The first-order chi connectivity index (χ1) is 5.86. The molecule has 2 fully saturated rings. The van der Waals surface area contributed by atoms with Gasteiger partial charge in [0.2, 0.25) is 0 Å². The maximum absolute atomic E-state index is 5.72. The molecule has 3 heteroatoms. The fourth-order valence-corrected chi connectivity index (χ4v) is 1.94. The highest BCUT2D eigenvalue weighted by Gasteiger charge is 2.28. The van der Waals surface area contributed by atoms with Crippen LogP contribution in [-0.2, 0) is 4.74 Å². The van der Waals surface area contributed by atoms with E-state index in [-0.39, 0.29) is 0 Å². The molecule has 12 heavy (non-hydrogen) atoms. The van der Waals surface area contributed by atoms with E-state index in [1.165, 1.54) is 6.42 Å². The van der Waals surface area contributed by atoms with Gasteiger partial charge in [0.25, 0.3) is 0 Å². The number of hydrogen-bond donors (Lipinski definition) is 2. The second kappa shape index (κ2) is 3.73. The van der Waals surface area contributed by atoms with Gasteiger partial charge < -0.3 is 10.1 Å². The van der Waals surface area contributed by atoms with E-state index < -0.39 is 0 Å². The summed E-state index contributed by atoms with van der Waals surface area (Å²) in [6.07, 6.45) is 1.57. The van der Waals surface area contributed by atoms with Crippen LogP contribution < -0.4 is 10.6 Å². The lowest BCUT2D eigenvalue weighted by Gasteiger charge is -2.31. The van der Waals surface area contributed by atoms with Crippen LogP contribution in [0.1, 0.15) is 13.3 Å². The molecule has 70 valence electrons. The predicted octanol–water partition coefficient (Wildman–Crippen LogP) is 0.178. The molecular weight excluding hydrogens is 152 g/mol. The predicted molar refractivity (Wildman–Crippen MR) is 47.9 cm³/mol. The van der Waals surface area contributed by atoms with Crippen LogP contribution in [0.2, 0.25) is 0 Å². The highest BCUT2D eigenvalue weighted by molar-refractivity contribution is 4.80. The van der Waals surface area contributed by atoms with Crippen molar-refractivity contribution < 1.29 is 4.74 Å². The minimum absolute atomic E-state index is 0.316. The number of rotatable bonds is 1. The van der Waals surface area contributed by atoms with Crippen LogP contribution in [0.25, 0.3) is 0 Å². The van der Waals surface area contributed by atoms with Gasteiger partial charge in [0.15, 0.2) is 0 Å². The Morgan fingerprint density at radius 3 is 2.83 bits per heavy atom. The standard InChI is InChI=1S/C9H18N2O/c1-7-4-11-9(12-6-7)8-2-3-10-5-8/h7-11H,2-6H2,1H3. The molecule has 2 rings (SSSR count). The van der Waals surface area contributed by atoms with E-state index in [2.05, 4.69) is 17.6 Å². The van der Waals surface area contributed by atoms with E-state index in [0.717, 1.165) is 26.2 Å². The van der Waals surface area contributed by atoms with Crippen molar-refractivity contribution in [3.63, 3.8) is 0 Å². The molecule has 0 saturated carbocycles. The summed E-state index contributed by atoms with van der Waals surface area (Å²) in [7, 11) is 0. The summed E-state index contributed by atoms with van der Waals surface area (Å²) in [5.74, 6) is 1.37. The molecule has 0 spiro atoms. The minimum Gasteiger partial charge on any atom is -0.363 e. The Morgan fingerprint density at radius 2 is 2.25 bits per heavy atom. The molecule has 2 N–H and O–H groups in total. The van der Waals surface area contributed by atoms with Crippen LogP contribution in [0.15, 0.2) is 0 Å². The first-order valence-corrected chi connectivity index (χ1v) is 4.92. The molecule has 0 aromatic heterocycles. The van der Waals surface area contributed by atoms with Crippen molar-refractivity contribution in [2.24, 2.45) is 11.8 Å². The Labute approximate surface area is 73.9 Å². The van der Waals surface area contributed by atoms with E-state index in [0.29, 0.717) is 18.1 Å². The Hall–Kier alpha value is -0.120. The number of nitrogens with one attached hydrogen (secondary N) is 2. The molecule has 0 aromatic rings. The van der Waals surface area contributed by atoms with Crippen molar-refractivity contribution in [1.82, 2.24) is 10.6 Å². The molecule has 0 radical (unpaired) electrons. The van der Waals surface area contributed by atoms with Gasteiger partial charge in [-0.25, -0.2) is 0 Å². The molecule has 2 aliphatic rings. The van der Waals surface area contributed by atoms with Crippen LogP contribution >= 0.6 is 0 Å². The molecule has 2 saturated heterocycles. The molecule has 0 aliphatic carbocycles. The average molecular weight is 170 g/mol. The Bertz CT molecular complexity index is 137. The van der Waals surface area contributed by atoms with E-state index in [1.807, 2.05) is 0 Å². The van der Waals surface area contributed by atoms with Crippen molar-refractivity contribution in [2.75, 3.05) is 26.2 Å². The van der Waals surface area contributed by atoms with Gasteiger partial charge in [-0.15, -0.1) is 0 Å². The van der Waals surface area contributed by atoms with Gasteiger partial charge in [0.1, 0.15) is 6.23 Å². The molecular formula is C9H18N2O. The zero-order valence-corrected chi connectivity index (χ0v) is 7.68. The minimum atomic E-state index is 0.316. The van der Waals surface area contributed by atoms with E-state index >= 15 is 0 Å². The largest absolute Gasteiger partial charge is 0.363 e. The van der Waals surface area contributed by atoms with Gasteiger partial charge in [0.05, 0.1) is 6.61 Å². The lowest BCUT2D eigenvalue weighted by Crippen LogP contribution is -2.47. The molecule has 3 nitrogen and oxygen atoms in total. The van der Waals surface area contributed by atoms with Crippen molar-refractivity contribution in [2.45, 2.75) is 19.6 Å². The van der Waals surface area contributed by atoms with Crippen molar-refractivity contribution in [3.05, 3.63) is 0 Å². The lowest BCUT2D eigenvalue weighted by atomic mass is 10.0. The first kappa shape index (κ1) is 8.48. The summed E-state index contributed by atoms with van der Waals surface area (Å²) < 4.78 is 5.72. The van der Waals surface area contributed by atoms with Gasteiger partial charge in [0, 0.05) is 19.0 Å². The molecule has 2 aliphatic heterocycles. The van der Waals surface area contributed by atoms with Gasteiger partial charge in [-0.1, -0.05) is 6.92 Å². The molecule has 3 unspecified atom stereocenters. The Kier molecular flexibility index (Phi) is 2.63. The number of hydrogen-bond acceptors (Lipinski definition) is 3. The fourth-order valence-electron chi connectivity index (χ4n) is 1.94. The number of ether oxygens (including phenoxy) is 1. The van der Waals surface area contributed by atoms with Gasteiger partial charge in [-0.3, -0.25) is 5.32 Å². The molecule has 3 atom stereocenters. The summed E-state index contributed by atoms with van der Waals surface area (Å²) in [6.45, 7) is 6.53. The zero-order chi connectivity index (χ0) is 8.39. The van der Waals surface area contributed by atoms with Crippen LogP contribution in [0.3, 0.4) is 0 Å². The fraction of sp³-hybridized carbons (Fsp3) is 1.00. The topological polar surface area (TPSA) is 33.3 Å². The van der Waals surface area contributed by atoms with E-state index in [1.54, 1.807) is 0 Å². The third-order valence-electron chi connectivity index (χ3n) is 2.75. The zero-order valence-electron chi connectivity index (χ0n) is 7.68. The maximum Gasteiger partial charge on any atom is 0.112 e. The normalized spacial score (nSPS) is 43.2. The maximum atomic E-state index is 5.72. The molecule has 0 bridgehead atoms. The van der Waals surface area contributed by atoms with E-state index in [4.69, 9.17) is 4.74 Å². The quantitative estimate of drug-likeness (QED) is 0.589. The summed E-state index contributed by atoms with van der Waals surface area (Å²) in [5, 5.41) is 6.81. The summed E-state index contributed by atoms with van der Waals surface area (Å²) in [5.41, 5.74) is 0.